The van der Waals surface area contributed by atoms with Gasteiger partial charge in [-0.05, 0) is 43.7 Å². The third-order valence-corrected chi connectivity index (χ3v) is 7.13. The van der Waals surface area contributed by atoms with Gasteiger partial charge < -0.3 is 14.2 Å². The molecule has 2 aliphatic heterocycles. The Labute approximate surface area is 209 Å². The van der Waals surface area contributed by atoms with Crippen LogP contribution in [0.2, 0.25) is 0 Å². The Morgan fingerprint density at radius 3 is 2.39 bits per heavy atom. The highest BCUT2D eigenvalue weighted by atomic mass is 16.5. The van der Waals surface area contributed by atoms with Gasteiger partial charge >= 0.3 is 5.97 Å². The highest BCUT2D eigenvalue weighted by Crippen LogP contribution is 2.53. The SMILES string of the molecule is CCC[C@]1(C(=O)OC)N[C@H](c2cc(OC)ccc2OC)[C@@H]2C(=O)N(c3cccc(C(C)=O)c3)C(=O)[C@@H]21. The molecule has 2 fully saturated rings. The largest absolute Gasteiger partial charge is 0.497 e. The first-order valence-electron chi connectivity index (χ1n) is 11.8. The standard InChI is InChI=1S/C27H30N2O7/c1-6-12-27(26(33)36-5)22-21(23(28-27)19-14-18(34-3)10-11-20(19)35-4)24(31)29(25(22)32)17-9-7-8-16(13-17)15(2)30/h7-11,13-14,21-23,28H,6,12H2,1-5H3/t21-,22-,23-,27+/m1/s1. The van der Waals surface area contributed by atoms with E-state index < -0.39 is 41.2 Å². The zero-order valence-corrected chi connectivity index (χ0v) is 21.0. The van der Waals surface area contributed by atoms with Crippen LogP contribution in [0.4, 0.5) is 5.69 Å². The molecule has 4 rings (SSSR count). The Hall–Kier alpha value is -3.72. The molecule has 0 aliphatic carbocycles. The summed E-state index contributed by atoms with van der Waals surface area (Å²) in [7, 11) is 4.31. The highest BCUT2D eigenvalue weighted by Gasteiger charge is 2.68. The quantitative estimate of drug-likeness (QED) is 0.339. The average molecular weight is 495 g/mol. The summed E-state index contributed by atoms with van der Waals surface area (Å²) in [5.41, 5.74) is -0.165. The van der Waals surface area contributed by atoms with Crippen molar-refractivity contribution >= 4 is 29.3 Å². The van der Waals surface area contributed by atoms with Gasteiger partial charge in [-0.2, -0.15) is 0 Å². The van der Waals surface area contributed by atoms with Gasteiger partial charge in [0.1, 0.15) is 17.0 Å². The van der Waals surface area contributed by atoms with Crippen molar-refractivity contribution in [1.82, 2.24) is 5.32 Å². The highest BCUT2D eigenvalue weighted by molar-refractivity contribution is 6.24. The number of amides is 2. The first-order valence-corrected chi connectivity index (χ1v) is 11.8. The number of methoxy groups -OCH3 is 3. The second-order valence-corrected chi connectivity index (χ2v) is 9.06. The summed E-state index contributed by atoms with van der Waals surface area (Å²) in [6.07, 6.45) is 0.846. The fourth-order valence-electron chi connectivity index (χ4n) is 5.57. The number of esters is 1. The van der Waals surface area contributed by atoms with Crippen molar-refractivity contribution in [1.29, 1.82) is 0 Å². The number of ketones is 1. The number of Topliss-reactive ketones (excluding diaryl/α,β-unsaturated/α-hetero) is 1. The maximum atomic E-state index is 14.0. The molecule has 36 heavy (non-hydrogen) atoms. The molecule has 9 nitrogen and oxygen atoms in total. The number of rotatable bonds is 8. The minimum absolute atomic E-state index is 0.188. The predicted octanol–water partition coefficient (Wildman–Crippen LogP) is 3.07. The van der Waals surface area contributed by atoms with Crippen LogP contribution in [0.5, 0.6) is 11.5 Å². The van der Waals surface area contributed by atoms with Crippen LogP contribution < -0.4 is 19.7 Å². The molecule has 2 heterocycles. The molecular weight excluding hydrogens is 464 g/mol. The van der Waals surface area contributed by atoms with Crippen LogP contribution in [-0.2, 0) is 19.1 Å². The molecule has 0 unspecified atom stereocenters. The van der Waals surface area contributed by atoms with E-state index in [-0.39, 0.29) is 12.2 Å². The normalized spacial score (nSPS) is 25.0. The number of anilines is 1. The van der Waals surface area contributed by atoms with Crippen LogP contribution in [0.3, 0.4) is 0 Å². The maximum Gasteiger partial charge on any atom is 0.326 e. The van der Waals surface area contributed by atoms with E-state index in [0.717, 1.165) is 4.90 Å². The van der Waals surface area contributed by atoms with Crippen LogP contribution in [0.15, 0.2) is 42.5 Å². The Morgan fingerprint density at radius 2 is 1.78 bits per heavy atom. The van der Waals surface area contributed by atoms with Gasteiger partial charge in [0.15, 0.2) is 5.78 Å². The van der Waals surface area contributed by atoms with E-state index in [0.29, 0.717) is 34.7 Å². The minimum atomic E-state index is -1.42. The van der Waals surface area contributed by atoms with Gasteiger partial charge in [0, 0.05) is 17.2 Å². The second-order valence-electron chi connectivity index (χ2n) is 9.06. The minimum Gasteiger partial charge on any atom is -0.497 e. The number of hydrogen-bond acceptors (Lipinski definition) is 8. The number of carbonyl (C=O) groups excluding carboxylic acids is 4. The number of benzene rings is 2. The summed E-state index contributed by atoms with van der Waals surface area (Å²) < 4.78 is 16.2. The first kappa shape index (κ1) is 25.4. The van der Waals surface area contributed by atoms with Crippen LogP contribution in [0.1, 0.15) is 48.7 Å². The van der Waals surface area contributed by atoms with E-state index >= 15 is 0 Å². The molecule has 9 heteroatoms. The van der Waals surface area contributed by atoms with E-state index in [1.54, 1.807) is 36.4 Å². The van der Waals surface area contributed by atoms with Crippen molar-refractivity contribution in [2.45, 2.75) is 38.3 Å². The van der Waals surface area contributed by atoms with E-state index in [1.165, 1.54) is 34.3 Å². The molecule has 2 amide bonds. The third-order valence-electron chi connectivity index (χ3n) is 7.13. The molecule has 2 aromatic rings. The van der Waals surface area contributed by atoms with Crippen LogP contribution in [0, 0.1) is 11.8 Å². The number of fused-ring (bicyclic) bond motifs is 1. The van der Waals surface area contributed by atoms with E-state index in [1.807, 2.05) is 6.92 Å². The number of imide groups is 1. The fourth-order valence-corrected chi connectivity index (χ4v) is 5.57. The molecule has 4 atom stereocenters. The maximum absolute atomic E-state index is 14.0. The average Bonchev–Trinajstić information content (AvgIpc) is 3.37. The Bertz CT molecular complexity index is 1230. The summed E-state index contributed by atoms with van der Waals surface area (Å²) in [4.78, 5) is 54.3. The lowest BCUT2D eigenvalue weighted by atomic mass is 9.77. The summed E-state index contributed by atoms with van der Waals surface area (Å²) in [6.45, 7) is 3.32. The van der Waals surface area contributed by atoms with Gasteiger partial charge in [-0.25, -0.2) is 4.90 Å². The molecule has 2 aromatic carbocycles. The van der Waals surface area contributed by atoms with Crippen molar-refractivity contribution < 1.29 is 33.4 Å². The van der Waals surface area contributed by atoms with E-state index in [4.69, 9.17) is 14.2 Å². The van der Waals surface area contributed by atoms with Gasteiger partial charge in [0.05, 0.1) is 38.9 Å². The molecule has 0 saturated carbocycles. The molecule has 0 bridgehead atoms. The Morgan fingerprint density at radius 1 is 1.03 bits per heavy atom. The van der Waals surface area contributed by atoms with Gasteiger partial charge in [-0.1, -0.05) is 25.5 Å². The first-order chi connectivity index (χ1) is 17.2. The summed E-state index contributed by atoms with van der Waals surface area (Å²) in [6, 6.07) is 10.8. The molecule has 2 saturated heterocycles. The van der Waals surface area contributed by atoms with E-state index in [9.17, 15) is 19.2 Å². The molecule has 2 aliphatic rings. The lowest BCUT2D eigenvalue weighted by Crippen LogP contribution is -2.56. The molecular formula is C27H30N2O7. The van der Waals surface area contributed by atoms with Crippen molar-refractivity contribution in [2.24, 2.45) is 11.8 Å². The van der Waals surface area contributed by atoms with E-state index in [2.05, 4.69) is 5.32 Å². The van der Waals surface area contributed by atoms with Crippen molar-refractivity contribution in [3.8, 4) is 11.5 Å². The monoisotopic (exact) mass is 494 g/mol. The van der Waals surface area contributed by atoms with Crippen molar-refractivity contribution in [3.05, 3.63) is 53.6 Å². The molecule has 0 spiro atoms. The Balaban J connectivity index is 1.91. The number of ether oxygens (including phenoxy) is 3. The molecule has 190 valence electrons. The topological polar surface area (TPSA) is 111 Å². The van der Waals surface area contributed by atoms with Crippen LogP contribution in [-0.4, -0.2) is 50.4 Å². The molecule has 0 radical (unpaired) electrons. The lowest BCUT2D eigenvalue weighted by molar-refractivity contribution is -0.152. The zero-order valence-electron chi connectivity index (χ0n) is 21.0. The van der Waals surface area contributed by atoms with Gasteiger partial charge in [-0.3, -0.25) is 24.5 Å². The lowest BCUT2D eigenvalue weighted by Gasteiger charge is -2.32. The van der Waals surface area contributed by atoms with Crippen LogP contribution in [0.25, 0.3) is 0 Å². The van der Waals surface area contributed by atoms with Crippen LogP contribution >= 0.6 is 0 Å². The summed E-state index contributed by atoms with van der Waals surface area (Å²) in [5.74, 6) is -2.67. The predicted molar refractivity (Wildman–Crippen MR) is 131 cm³/mol. The second kappa shape index (κ2) is 9.73. The van der Waals surface area contributed by atoms with Crippen molar-refractivity contribution in [2.75, 3.05) is 26.2 Å². The fraction of sp³-hybridized carbons (Fsp3) is 0.407. The smallest absolute Gasteiger partial charge is 0.326 e. The number of nitrogens with zero attached hydrogens (tertiary/aromatic N) is 1. The van der Waals surface area contributed by atoms with Gasteiger partial charge in [0.2, 0.25) is 11.8 Å². The van der Waals surface area contributed by atoms with Gasteiger partial charge in [0.25, 0.3) is 0 Å². The molecule has 1 N–H and O–H groups in total. The van der Waals surface area contributed by atoms with Crippen molar-refractivity contribution in [3.63, 3.8) is 0 Å². The van der Waals surface area contributed by atoms with Gasteiger partial charge in [-0.15, -0.1) is 0 Å². The molecule has 0 aromatic heterocycles. The summed E-state index contributed by atoms with van der Waals surface area (Å²) >= 11 is 0. The third kappa shape index (κ3) is 3.83. The Kier molecular flexibility index (Phi) is 6.86. The summed E-state index contributed by atoms with van der Waals surface area (Å²) in [5, 5.41) is 3.33. The number of nitrogens with one attached hydrogen (secondary N) is 1. The number of hydrogen-bond donors (Lipinski definition) is 1. The number of carbonyl (C=O) groups is 4. The zero-order chi connectivity index (χ0) is 26.2.